The van der Waals surface area contributed by atoms with Crippen molar-refractivity contribution >= 4 is 22.1 Å². The van der Waals surface area contributed by atoms with Gasteiger partial charge in [0.05, 0.1) is 23.8 Å². The maximum atomic E-state index is 12.2. The van der Waals surface area contributed by atoms with Crippen molar-refractivity contribution in [2.45, 2.75) is 18.1 Å². The Bertz CT molecular complexity index is 786. The molecule has 6 nitrogen and oxygen atoms in total. The lowest BCUT2D eigenvalue weighted by Crippen LogP contribution is -2.01. The molecule has 0 aliphatic rings. The normalized spacial score (nSPS) is 12.4. The van der Waals surface area contributed by atoms with Gasteiger partial charge in [-0.25, -0.2) is 4.98 Å². The molecule has 0 radical (unpaired) electrons. The van der Waals surface area contributed by atoms with Gasteiger partial charge in [0.2, 0.25) is 0 Å². The summed E-state index contributed by atoms with van der Waals surface area (Å²) in [6.07, 6.45) is 0. The van der Waals surface area contributed by atoms with Crippen LogP contribution in [-0.4, -0.2) is 26.4 Å². The highest BCUT2D eigenvalue weighted by Gasteiger charge is 2.13. The maximum absolute atomic E-state index is 12.2. The molecule has 0 bridgehead atoms. The maximum Gasteiger partial charge on any atom is 0.257 e. The van der Waals surface area contributed by atoms with Crippen LogP contribution < -0.4 is 0 Å². The zero-order valence-corrected chi connectivity index (χ0v) is 14.1. The van der Waals surface area contributed by atoms with Gasteiger partial charge >= 0.3 is 0 Å². The molecule has 0 saturated heterocycles. The predicted molar refractivity (Wildman–Crippen MR) is 88.1 cm³/mol. The zero-order chi connectivity index (χ0) is 16.1. The molecule has 3 rings (SSSR count). The molecular weight excluding hydrogens is 334 g/mol. The van der Waals surface area contributed by atoms with E-state index in [-0.39, 0.29) is 5.75 Å². The lowest BCUT2D eigenvalue weighted by Gasteiger charge is -1.96. The molecular formula is C15H15N3O3S2. The number of ether oxygens (including phenoxy) is 1. The fourth-order valence-electron chi connectivity index (χ4n) is 1.98. The minimum Gasteiger partial charge on any atom is -0.378 e. The van der Waals surface area contributed by atoms with Gasteiger partial charge in [-0.15, -0.1) is 11.3 Å². The lowest BCUT2D eigenvalue weighted by molar-refractivity contribution is 0.184. The molecule has 2 heterocycles. The lowest BCUT2D eigenvalue weighted by atomic mass is 10.2. The first-order chi connectivity index (χ1) is 11.2. The molecule has 120 valence electrons. The molecule has 0 aliphatic heterocycles. The molecule has 23 heavy (non-hydrogen) atoms. The summed E-state index contributed by atoms with van der Waals surface area (Å²) in [5, 5.41) is 6.67. The van der Waals surface area contributed by atoms with E-state index in [4.69, 9.17) is 9.26 Å². The van der Waals surface area contributed by atoms with Crippen LogP contribution in [-0.2, 0) is 33.6 Å². The van der Waals surface area contributed by atoms with Crippen molar-refractivity contribution in [1.82, 2.24) is 15.1 Å². The molecule has 0 unspecified atom stereocenters. The number of rotatable bonds is 7. The van der Waals surface area contributed by atoms with E-state index in [1.165, 1.54) is 11.3 Å². The van der Waals surface area contributed by atoms with Gasteiger partial charge in [-0.3, -0.25) is 4.21 Å². The molecule has 1 aromatic carbocycles. The summed E-state index contributed by atoms with van der Waals surface area (Å²) in [5.41, 5.74) is 1.65. The van der Waals surface area contributed by atoms with Gasteiger partial charge in [-0.05, 0) is 12.1 Å². The highest BCUT2D eigenvalue weighted by molar-refractivity contribution is 7.83. The van der Waals surface area contributed by atoms with Crippen molar-refractivity contribution in [2.24, 2.45) is 0 Å². The molecule has 3 aromatic rings. The Morgan fingerprint density at radius 3 is 2.83 bits per heavy atom. The number of nitrogens with zero attached hydrogens (tertiary/aromatic N) is 3. The van der Waals surface area contributed by atoms with Crippen LogP contribution in [0.5, 0.6) is 0 Å². The largest absolute Gasteiger partial charge is 0.378 e. The van der Waals surface area contributed by atoms with Crippen LogP contribution >= 0.6 is 11.3 Å². The van der Waals surface area contributed by atoms with Crippen molar-refractivity contribution < 1.29 is 13.5 Å². The number of thiazole rings is 1. The Kier molecular flexibility index (Phi) is 5.27. The van der Waals surface area contributed by atoms with E-state index >= 15 is 0 Å². The van der Waals surface area contributed by atoms with Gasteiger partial charge in [0, 0.05) is 28.9 Å². The van der Waals surface area contributed by atoms with E-state index in [1.54, 1.807) is 7.11 Å². The number of hydrogen-bond acceptors (Lipinski definition) is 7. The summed E-state index contributed by atoms with van der Waals surface area (Å²) in [6.45, 7) is 0.475. The molecule has 0 saturated carbocycles. The second kappa shape index (κ2) is 7.58. The van der Waals surface area contributed by atoms with Crippen molar-refractivity contribution in [2.75, 3.05) is 7.11 Å². The summed E-state index contributed by atoms with van der Waals surface area (Å²) in [4.78, 5) is 8.66. The predicted octanol–water partition coefficient (Wildman–Crippen LogP) is 2.79. The van der Waals surface area contributed by atoms with E-state index in [0.717, 1.165) is 16.3 Å². The van der Waals surface area contributed by atoms with Gasteiger partial charge in [0.15, 0.2) is 5.82 Å². The van der Waals surface area contributed by atoms with E-state index in [0.29, 0.717) is 24.1 Å². The summed E-state index contributed by atoms with van der Waals surface area (Å²) >= 11 is 1.50. The minimum atomic E-state index is -1.14. The number of methoxy groups -OCH3 is 1. The smallest absolute Gasteiger partial charge is 0.257 e. The molecule has 0 aliphatic carbocycles. The van der Waals surface area contributed by atoms with Crippen LogP contribution in [0, 0.1) is 0 Å². The van der Waals surface area contributed by atoms with Crippen LogP contribution in [0.3, 0.4) is 0 Å². The molecule has 1 atom stereocenters. The van der Waals surface area contributed by atoms with Crippen molar-refractivity contribution in [3.8, 4) is 11.5 Å². The molecule has 0 fully saturated rings. The van der Waals surface area contributed by atoms with E-state index < -0.39 is 10.8 Å². The fraction of sp³-hybridized carbons (Fsp3) is 0.267. The first kappa shape index (κ1) is 16.0. The van der Waals surface area contributed by atoms with Crippen LogP contribution in [0.4, 0.5) is 0 Å². The van der Waals surface area contributed by atoms with Crippen molar-refractivity contribution in [3.05, 3.63) is 52.2 Å². The van der Waals surface area contributed by atoms with Crippen LogP contribution in [0.15, 0.2) is 40.2 Å². The summed E-state index contributed by atoms with van der Waals surface area (Å²) in [5.74, 6) is 1.49. The van der Waals surface area contributed by atoms with E-state index in [2.05, 4.69) is 15.1 Å². The molecule has 0 N–H and O–H groups in total. The van der Waals surface area contributed by atoms with Crippen molar-refractivity contribution in [1.29, 1.82) is 0 Å². The minimum absolute atomic E-state index is 0.244. The van der Waals surface area contributed by atoms with Gasteiger partial charge in [-0.1, -0.05) is 23.4 Å². The Balaban J connectivity index is 1.60. The zero-order valence-electron chi connectivity index (χ0n) is 12.5. The number of benzene rings is 1. The van der Waals surface area contributed by atoms with Crippen LogP contribution in [0.25, 0.3) is 11.5 Å². The van der Waals surface area contributed by atoms with E-state index in [1.807, 2.05) is 35.7 Å². The number of hydrogen-bond donors (Lipinski definition) is 0. The first-order valence-corrected chi connectivity index (χ1v) is 9.26. The SMILES string of the molecule is COCc1nc(C[S@@](=O)Cc2noc(-c3ccccc3)n2)cs1. The molecule has 0 amide bonds. The van der Waals surface area contributed by atoms with Crippen LogP contribution in [0.2, 0.25) is 0 Å². The molecule has 0 spiro atoms. The Hall–Kier alpha value is -1.90. The van der Waals surface area contributed by atoms with Gasteiger partial charge in [0.1, 0.15) is 5.01 Å². The second-order valence-corrected chi connectivity index (χ2v) is 7.18. The van der Waals surface area contributed by atoms with Gasteiger partial charge < -0.3 is 9.26 Å². The summed E-state index contributed by atoms with van der Waals surface area (Å²) in [6, 6.07) is 9.50. The quantitative estimate of drug-likeness (QED) is 0.653. The third-order valence-corrected chi connectivity index (χ3v) is 5.02. The monoisotopic (exact) mass is 349 g/mol. The van der Waals surface area contributed by atoms with Crippen LogP contribution in [0.1, 0.15) is 16.5 Å². The highest BCUT2D eigenvalue weighted by Crippen LogP contribution is 2.17. The third-order valence-electron chi connectivity index (χ3n) is 2.95. The second-order valence-electron chi connectivity index (χ2n) is 4.78. The van der Waals surface area contributed by atoms with Gasteiger partial charge in [0.25, 0.3) is 5.89 Å². The fourth-order valence-corrected chi connectivity index (χ4v) is 3.83. The standard InChI is InChI=1S/C15H15N3O3S2/c1-20-7-14-16-12(8-22-14)9-23(19)10-13-17-15(21-18-13)11-5-3-2-4-6-11/h2-6,8H,7,9-10H2,1H3/t23-/m1/s1. The summed E-state index contributed by atoms with van der Waals surface area (Å²) < 4.78 is 22.5. The Morgan fingerprint density at radius 2 is 2.04 bits per heavy atom. The Morgan fingerprint density at radius 1 is 1.22 bits per heavy atom. The highest BCUT2D eigenvalue weighted by atomic mass is 32.2. The molecule has 2 aromatic heterocycles. The number of aromatic nitrogens is 3. The van der Waals surface area contributed by atoms with E-state index in [9.17, 15) is 4.21 Å². The van der Waals surface area contributed by atoms with Crippen molar-refractivity contribution in [3.63, 3.8) is 0 Å². The first-order valence-electron chi connectivity index (χ1n) is 6.90. The Labute approximate surface area is 140 Å². The third kappa shape index (κ3) is 4.31. The average Bonchev–Trinajstić information content (AvgIpc) is 3.18. The average molecular weight is 349 g/mol. The molecule has 8 heteroatoms. The topological polar surface area (TPSA) is 78.1 Å². The summed E-state index contributed by atoms with van der Waals surface area (Å²) in [7, 11) is 0.488. The van der Waals surface area contributed by atoms with Gasteiger partial charge in [-0.2, -0.15) is 4.98 Å².